The van der Waals surface area contributed by atoms with Crippen molar-refractivity contribution in [1.82, 2.24) is 14.9 Å². The van der Waals surface area contributed by atoms with E-state index in [9.17, 15) is 13.2 Å². The molecule has 0 radical (unpaired) electrons. The lowest BCUT2D eigenvalue weighted by atomic mass is 10.1. The van der Waals surface area contributed by atoms with Crippen molar-refractivity contribution in [3.05, 3.63) is 17.0 Å². The molecule has 0 N–H and O–H groups in total. The summed E-state index contributed by atoms with van der Waals surface area (Å²) in [5.41, 5.74) is -0.956. The minimum absolute atomic E-state index is 0.0482. The minimum Gasteiger partial charge on any atom is -0.354 e. The molecule has 0 bridgehead atoms. The van der Waals surface area contributed by atoms with Crippen molar-refractivity contribution in [2.45, 2.75) is 32.5 Å². The van der Waals surface area contributed by atoms with E-state index in [-0.39, 0.29) is 16.6 Å². The van der Waals surface area contributed by atoms with Crippen molar-refractivity contribution in [2.24, 2.45) is 0 Å². The van der Waals surface area contributed by atoms with Crippen LogP contribution in [0.4, 0.5) is 19.0 Å². The average molecular weight is 323 g/mol. The zero-order valence-electron chi connectivity index (χ0n) is 12.2. The van der Waals surface area contributed by atoms with E-state index in [4.69, 9.17) is 11.6 Å². The van der Waals surface area contributed by atoms with Crippen LogP contribution in [0, 0.1) is 0 Å². The van der Waals surface area contributed by atoms with Gasteiger partial charge in [-0.3, -0.25) is 4.90 Å². The molecule has 1 aliphatic heterocycles. The number of alkyl halides is 3. The third-order valence-corrected chi connectivity index (χ3v) is 3.70. The molecule has 0 aliphatic carbocycles. The predicted molar refractivity (Wildman–Crippen MR) is 75.6 cm³/mol. The van der Waals surface area contributed by atoms with Crippen LogP contribution in [-0.2, 0) is 6.18 Å². The van der Waals surface area contributed by atoms with Gasteiger partial charge in [0.25, 0.3) is 0 Å². The van der Waals surface area contributed by atoms with Crippen molar-refractivity contribution in [1.29, 1.82) is 0 Å². The van der Waals surface area contributed by atoms with E-state index in [0.29, 0.717) is 13.1 Å². The van der Waals surface area contributed by atoms with Crippen LogP contribution in [0.5, 0.6) is 0 Å². The Bertz CT molecular complexity index is 505. The number of rotatable bonds is 1. The summed E-state index contributed by atoms with van der Waals surface area (Å²) in [7, 11) is 0. The molecule has 0 saturated carbocycles. The summed E-state index contributed by atoms with van der Waals surface area (Å²) in [4.78, 5) is 11.3. The fourth-order valence-corrected chi connectivity index (χ4v) is 2.50. The predicted octanol–water partition coefficient (Wildman–Crippen LogP) is 3.07. The highest BCUT2D eigenvalue weighted by atomic mass is 35.5. The van der Waals surface area contributed by atoms with Gasteiger partial charge in [-0.05, 0) is 32.4 Å². The van der Waals surface area contributed by atoms with E-state index in [1.54, 1.807) is 0 Å². The average Bonchev–Trinajstić information content (AvgIpc) is 2.36. The first-order chi connectivity index (χ1) is 9.57. The molecule has 2 heterocycles. The van der Waals surface area contributed by atoms with Gasteiger partial charge < -0.3 is 4.90 Å². The Balaban J connectivity index is 2.16. The van der Waals surface area contributed by atoms with Gasteiger partial charge in [-0.1, -0.05) is 0 Å². The van der Waals surface area contributed by atoms with Crippen LogP contribution in [0.1, 0.15) is 26.5 Å². The monoisotopic (exact) mass is 322 g/mol. The Kier molecular flexibility index (Phi) is 4.35. The SMILES string of the molecule is CC(C)(C)N1CCN(c2cc(C(F)(F)F)nc(Cl)n2)CC1. The van der Waals surface area contributed by atoms with Crippen molar-refractivity contribution >= 4 is 17.4 Å². The van der Waals surface area contributed by atoms with Crippen LogP contribution < -0.4 is 4.90 Å². The van der Waals surface area contributed by atoms with E-state index in [2.05, 4.69) is 35.6 Å². The largest absolute Gasteiger partial charge is 0.433 e. The second-order valence-electron chi connectivity index (χ2n) is 6.02. The molecular weight excluding hydrogens is 305 g/mol. The van der Waals surface area contributed by atoms with Crippen molar-refractivity contribution in [3.8, 4) is 0 Å². The van der Waals surface area contributed by atoms with Gasteiger partial charge in [0, 0.05) is 37.8 Å². The summed E-state index contributed by atoms with van der Waals surface area (Å²) in [5.74, 6) is 0.232. The van der Waals surface area contributed by atoms with Gasteiger partial charge in [0.2, 0.25) is 5.28 Å². The zero-order valence-corrected chi connectivity index (χ0v) is 13.0. The maximum atomic E-state index is 12.8. The highest BCUT2D eigenvalue weighted by Gasteiger charge is 2.34. The van der Waals surface area contributed by atoms with E-state index in [0.717, 1.165) is 19.2 Å². The summed E-state index contributed by atoms with van der Waals surface area (Å²) in [6.45, 7) is 9.12. The molecule has 0 atom stereocenters. The summed E-state index contributed by atoms with van der Waals surface area (Å²) in [6.07, 6.45) is -4.52. The van der Waals surface area contributed by atoms with E-state index < -0.39 is 11.9 Å². The second-order valence-corrected chi connectivity index (χ2v) is 6.36. The van der Waals surface area contributed by atoms with Crippen molar-refractivity contribution in [2.75, 3.05) is 31.1 Å². The molecule has 2 rings (SSSR count). The molecule has 1 aliphatic rings. The lowest BCUT2D eigenvalue weighted by Crippen LogP contribution is -2.53. The lowest BCUT2D eigenvalue weighted by Gasteiger charge is -2.42. The minimum atomic E-state index is -4.52. The van der Waals surface area contributed by atoms with Gasteiger partial charge in [-0.15, -0.1) is 0 Å². The van der Waals surface area contributed by atoms with Crippen molar-refractivity contribution in [3.63, 3.8) is 0 Å². The van der Waals surface area contributed by atoms with Crippen LogP contribution in [-0.4, -0.2) is 46.6 Å². The molecule has 4 nitrogen and oxygen atoms in total. The van der Waals surface area contributed by atoms with Crippen LogP contribution in [0.15, 0.2) is 6.07 Å². The molecule has 0 spiro atoms. The van der Waals surface area contributed by atoms with Crippen LogP contribution in [0.2, 0.25) is 5.28 Å². The number of hydrogen-bond acceptors (Lipinski definition) is 4. The summed E-state index contributed by atoms with van der Waals surface area (Å²) < 4.78 is 38.3. The van der Waals surface area contributed by atoms with Crippen LogP contribution in [0.3, 0.4) is 0 Å². The number of aromatic nitrogens is 2. The van der Waals surface area contributed by atoms with Gasteiger partial charge >= 0.3 is 6.18 Å². The van der Waals surface area contributed by atoms with Crippen molar-refractivity contribution < 1.29 is 13.2 Å². The third kappa shape index (κ3) is 3.97. The molecule has 1 aromatic rings. The molecule has 1 saturated heterocycles. The quantitative estimate of drug-likeness (QED) is 0.744. The molecule has 8 heteroatoms. The molecule has 21 heavy (non-hydrogen) atoms. The van der Waals surface area contributed by atoms with Crippen LogP contribution in [0.25, 0.3) is 0 Å². The fraction of sp³-hybridized carbons (Fsp3) is 0.692. The zero-order chi connectivity index (χ0) is 15.8. The number of nitrogens with zero attached hydrogens (tertiary/aromatic N) is 4. The van der Waals surface area contributed by atoms with Gasteiger partial charge in [-0.25, -0.2) is 9.97 Å². The molecule has 0 aromatic carbocycles. The smallest absolute Gasteiger partial charge is 0.354 e. The van der Waals surface area contributed by atoms with Gasteiger partial charge in [-0.2, -0.15) is 13.2 Å². The fourth-order valence-electron chi connectivity index (χ4n) is 2.32. The highest BCUT2D eigenvalue weighted by Crippen LogP contribution is 2.31. The van der Waals surface area contributed by atoms with E-state index >= 15 is 0 Å². The Morgan fingerprint density at radius 3 is 2.10 bits per heavy atom. The Hall–Kier alpha value is -1.08. The normalized spacial score (nSPS) is 18.1. The van der Waals surface area contributed by atoms with E-state index in [1.165, 1.54) is 0 Å². The van der Waals surface area contributed by atoms with Gasteiger partial charge in [0.15, 0.2) is 5.69 Å². The van der Waals surface area contributed by atoms with Gasteiger partial charge in [0.05, 0.1) is 0 Å². The molecule has 118 valence electrons. The number of piperazine rings is 1. The standard InChI is InChI=1S/C13H18ClF3N4/c1-12(2,3)21-6-4-20(5-7-21)10-8-9(13(15,16)17)18-11(14)19-10/h8H,4-7H2,1-3H3. The molecule has 1 fully saturated rings. The summed E-state index contributed by atoms with van der Waals surface area (Å²) in [6, 6.07) is 0.957. The number of hydrogen-bond donors (Lipinski definition) is 0. The second kappa shape index (κ2) is 5.61. The van der Waals surface area contributed by atoms with Crippen LogP contribution >= 0.6 is 11.6 Å². The van der Waals surface area contributed by atoms with Gasteiger partial charge in [0.1, 0.15) is 5.82 Å². The number of halogens is 4. The topological polar surface area (TPSA) is 32.3 Å². The maximum Gasteiger partial charge on any atom is 0.433 e. The Morgan fingerprint density at radius 1 is 1.05 bits per heavy atom. The molecule has 1 aromatic heterocycles. The summed E-state index contributed by atoms with van der Waals surface area (Å²) >= 11 is 5.62. The third-order valence-electron chi connectivity index (χ3n) is 3.53. The van der Waals surface area contributed by atoms with E-state index in [1.807, 2.05) is 4.90 Å². The highest BCUT2D eigenvalue weighted by molar-refractivity contribution is 6.28. The lowest BCUT2D eigenvalue weighted by molar-refractivity contribution is -0.141. The molecule has 0 unspecified atom stereocenters. The summed E-state index contributed by atoms with van der Waals surface area (Å²) in [5, 5.41) is -0.377. The first-order valence-corrected chi connectivity index (χ1v) is 7.07. The first-order valence-electron chi connectivity index (χ1n) is 6.69. The maximum absolute atomic E-state index is 12.8. The molecule has 0 amide bonds. The number of anilines is 1. The Labute approximate surface area is 126 Å². The first kappa shape index (κ1) is 16.3. The molecular formula is C13H18ClF3N4. The Morgan fingerprint density at radius 2 is 1.62 bits per heavy atom.